The first-order chi connectivity index (χ1) is 12.7. The lowest BCUT2D eigenvalue weighted by atomic mass is 9.90. The Morgan fingerprint density at radius 3 is 2.62 bits per heavy atom. The molecular weight excluding hydrogens is 348 g/mol. The van der Waals surface area contributed by atoms with Gasteiger partial charge in [0.25, 0.3) is 5.91 Å². The normalized spacial score (nSPS) is 17.3. The molecule has 3 aromatic rings. The van der Waals surface area contributed by atoms with E-state index < -0.39 is 0 Å². The van der Waals surface area contributed by atoms with E-state index in [1.807, 2.05) is 41.3 Å². The van der Waals surface area contributed by atoms with Crippen molar-refractivity contribution in [2.75, 3.05) is 13.1 Å². The van der Waals surface area contributed by atoms with Gasteiger partial charge in [0.15, 0.2) is 0 Å². The Labute approximate surface area is 157 Å². The van der Waals surface area contributed by atoms with Crippen LogP contribution in [0.15, 0.2) is 61.2 Å². The molecule has 2 heterocycles. The van der Waals surface area contributed by atoms with Crippen molar-refractivity contribution in [1.29, 1.82) is 0 Å². The van der Waals surface area contributed by atoms with Gasteiger partial charge >= 0.3 is 0 Å². The van der Waals surface area contributed by atoms with Crippen molar-refractivity contribution in [3.8, 4) is 5.69 Å². The molecule has 0 radical (unpaired) electrons. The van der Waals surface area contributed by atoms with Crippen LogP contribution in [0.5, 0.6) is 0 Å². The number of halogens is 1. The van der Waals surface area contributed by atoms with Crippen LogP contribution in [0.1, 0.15) is 34.7 Å². The van der Waals surface area contributed by atoms with Gasteiger partial charge in [0.2, 0.25) is 0 Å². The van der Waals surface area contributed by atoms with Gasteiger partial charge in [-0.1, -0.05) is 29.8 Å². The molecule has 0 aliphatic carbocycles. The zero-order valence-corrected chi connectivity index (χ0v) is 15.0. The largest absolute Gasteiger partial charge is 0.338 e. The van der Waals surface area contributed by atoms with Gasteiger partial charge in [-0.2, -0.15) is 0 Å². The first-order valence-electron chi connectivity index (χ1n) is 8.70. The Bertz CT molecular complexity index is 892. The third-order valence-corrected chi connectivity index (χ3v) is 5.11. The van der Waals surface area contributed by atoms with Crippen LogP contribution in [0, 0.1) is 0 Å². The van der Waals surface area contributed by atoms with E-state index in [1.165, 1.54) is 5.56 Å². The maximum atomic E-state index is 13.0. The smallest absolute Gasteiger partial charge is 0.253 e. The Morgan fingerprint density at radius 2 is 1.85 bits per heavy atom. The lowest BCUT2D eigenvalue weighted by Gasteiger charge is -2.33. The first kappa shape index (κ1) is 16.8. The van der Waals surface area contributed by atoms with Crippen LogP contribution in [0.25, 0.3) is 5.69 Å². The van der Waals surface area contributed by atoms with E-state index in [2.05, 4.69) is 22.3 Å². The average molecular weight is 367 g/mol. The fourth-order valence-electron chi connectivity index (χ4n) is 3.48. The number of hydrogen-bond donors (Lipinski definition) is 0. The third kappa shape index (κ3) is 3.48. The molecule has 0 bridgehead atoms. The highest BCUT2D eigenvalue weighted by atomic mass is 35.5. The van der Waals surface area contributed by atoms with E-state index in [9.17, 15) is 4.79 Å². The number of aromatic nitrogens is 3. The van der Waals surface area contributed by atoms with Crippen molar-refractivity contribution >= 4 is 17.5 Å². The molecule has 132 valence electrons. The van der Waals surface area contributed by atoms with E-state index in [4.69, 9.17) is 11.6 Å². The second-order valence-corrected chi connectivity index (χ2v) is 7.00. The summed E-state index contributed by atoms with van der Waals surface area (Å²) in [6, 6.07) is 15.5. The molecule has 26 heavy (non-hydrogen) atoms. The predicted molar refractivity (Wildman–Crippen MR) is 101 cm³/mol. The molecular formula is C20H19ClN4O. The van der Waals surface area contributed by atoms with Gasteiger partial charge < -0.3 is 4.90 Å². The summed E-state index contributed by atoms with van der Waals surface area (Å²) in [5, 5.41) is 8.38. The molecule has 1 saturated heterocycles. The van der Waals surface area contributed by atoms with E-state index in [0.29, 0.717) is 11.5 Å². The second-order valence-electron chi connectivity index (χ2n) is 6.56. The molecule has 1 atom stereocenters. The molecule has 1 amide bonds. The number of benzene rings is 2. The molecule has 1 aromatic heterocycles. The summed E-state index contributed by atoms with van der Waals surface area (Å²) >= 11 is 5.99. The van der Waals surface area contributed by atoms with E-state index in [0.717, 1.165) is 36.6 Å². The summed E-state index contributed by atoms with van der Waals surface area (Å²) in [4.78, 5) is 15.0. The fraction of sp³-hybridized carbons (Fsp3) is 0.250. The van der Waals surface area contributed by atoms with Crippen molar-refractivity contribution in [2.24, 2.45) is 0 Å². The van der Waals surface area contributed by atoms with E-state index in [1.54, 1.807) is 17.2 Å². The molecule has 0 saturated carbocycles. The second kappa shape index (κ2) is 7.30. The molecule has 0 N–H and O–H groups in total. The van der Waals surface area contributed by atoms with Crippen LogP contribution in [-0.2, 0) is 0 Å². The molecule has 5 nitrogen and oxygen atoms in total. The number of amides is 1. The SMILES string of the molecule is O=C(c1cccc(-n2cnnc2)c1)N1CCCC(c2ccc(Cl)cc2)C1. The highest BCUT2D eigenvalue weighted by molar-refractivity contribution is 6.30. The zero-order chi connectivity index (χ0) is 17.9. The van der Waals surface area contributed by atoms with Crippen molar-refractivity contribution < 1.29 is 4.79 Å². The summed E-state index contributed by atoms with van der Waals surface area (Å²) in [6.45, 7) is 1.52. The van der Waals surface area contributed by atoms with Gasteiger partial charge in [0.1, 0.15) is 12.7 Å². The molecule has 2 aromatic carbocycles. The Hall–Kier alpha value is -2.66. The number of nitrogens with zero attached hydrogens (tertiary/aromatic N) is 4. The minimum atomic E-state index is 0.0681. The summed E-state index contributed by atoms with van der Waals surface area (Å²) in [6.07, 6.45) is 5.35. The van der Waals surface area contributed by atoms with Gasteiger partial charge in [-0.05, 0) is 48.7 Å². The number of likely N-dealkylation sites (tertiary alicyclic amines) is 1. The van der Waals surface area contributed by atoms with Crippen molar-refractivity contribution in [3.63, 3.8) is 0 Å². The van der Waals surface area contributed by atoms with Crippen LogP contribution >= 0.6 is 11.6 Å². The van der Waals surface area contributed by atoms with E-state index in [-0.39, 0.29) is 5.91 Å². The topological polar surface area (TPSA) is 51.0 Å². The standard InChI is InChI=1S/C20H19ClN4O/c21-18-8-6-15(7-9-18)17-4-2-10-24(12-17)20(26)16-3-1-5-19(11-16)25-13-22-23-14-25/h1,3,5-9,11,13-14,17H,2,4,10,12H2. The lowest BCUT2D eigenvalue weighted by Crippen LogP contribution is -2.39. The molecule has 1 aliphatic rings. The van der Waals surface area contributed by atoms with Crippen molar-refractivity contribution in [1.82, 2.24) is 19.7 Å². The zero-order valence-electron chi connectivity index (χ0n) is 14.3. The van der Waals surface area contributed by atoms with Crippen LogP contribution in [-0.4, -0.2) is 38.7 Å². The monoisotopic (exact) mass is 366 g/mol. The van der Waals surface area contributed by atoms with Crippen LogP contribution in [0.3, 0.4) is 0 Å². The summed E-state index contributed by atoms with van der Waals surface area (Å²) in [7, 11) is 0. The predicted octanol–water partition coefficient (Wildman–Crippen LogP) is 3.94. The Balaban J connectivity index is 1.52. The van der Waals surface area contributed by atoms with Gasteiger partial charge in [0, 0.05) is 35.3 Å². The number of hydrogen-bond acceptors (Lipinski definition) is 3. The highest BCUT2D eigenvalue weighted by Gasteiger charge is 2.25. The van der Waals surface area contributed by atoms with Crippen LogP contribution in [0.4, 0.5) is 0 Å². The van der Waals surface area contributed by atoms with Gasteiger partial charge in [-0.25, -0.2) is 0 Å². The van der Waals surface area contributed by atoms with Gasteiger partial charge in [-0.15, -0.1) is 10.2 Å². The molecule has 4 rings (SSSR count). The Kier molecular flexibility index (Phi) is 4.71. The Morgan fingerprint density at radius 1 is 1.08 bits per heavy atom. The van der Waals surface area contributed by atoms with Crippen LogP contribution < -0.4 is 0 Å². The van der Waals surface area contributed by atoms with Crippen molar-refractivity contribution in [3.05, 3.63) is 77.3 Å². The maximum Gasteiger partial charge on any atom is 0.253 e. The minimum absolute atomic E-state index is 0.0681. The molecule has 6 heteroatoms. The molecule has 1 unspecified atom stereocenters. The fourth-order valence-corrected chi connectivity index (χ4v) is 3.61. The van der Waals surface area contributed by atoms with Gasteiger partial charge in [-0.3, -0.25) is 9.36 Å². The third-order valence-electron chi connectivity index (χ3n) is 4.86. The highest BCUT2D eigenvalue weighted by Crippen LogP contribution is 2.28. The number of piperidine rings is 1. The molecule has 0 spiro atoms. The first-order valence-corrected chi connectivity index (χ1v) is 9.08. The van der Waals surface area contributed by atoms with E-state index >= 15 is 0 Å². The van der Waals surface area contributed by atoms with Crippen molar-refractivity contribution in [2.45, 2.75) is 18.8 Å². The summed E-state index contributed by atoms with van der Waals surface area (Å²) < 4.78 is 1.80. The average Bonchev–Trinajstić information content (AvgIpc) is 3.23. The lowest BCUT2D eigenvalue weighted by molar-refractivity contribution is 0.0707. The van der Waals surface area contributed by atoms with Gasteiger partial charge in [0.05, 0.1) is 0 Å². The summed E-state index contributed by atoms with van der Waals surface area (Å²) in [5.41, 5.74) is 2.81. The summed E-state index contributed by atoms with van der Waals surface area (Å²) in [5.74, 6) is 0.421. The quantitative estimate of drug-likeness (QED) is 0.705. The minimum Gasteiger partial charge on any atom is -0.338 e. The molecule has 1 fully saturated rings. The number of carbonyl (C=O) groups is 1. The maximum absolute atomic E-state index is 13.0. The van der Waals surface area contributed by atoms with Crippen LogP contribution in [0.2, 0.25) is 5.02 Å². The number of rotatable bonds is 3. The number of carbonyl (C=O) groups excluding carboxylic acids is 1. The molecule has 1 aliphatic heterocycles.